The number of rotatable bonds is 28. The summed E-state index contributed by atoms with van der Waals surface area (Å²) in [6, 6.07) is 0. The van der Waals surface area contributed by atoms with E-state index in [1.165, 1.54) is 0 Å². The maximum Gasteiger partial charge on any atom is 0.222 e. The second kappa shape index (κ2) is 28.1. The number of nitrogens with one attached hydrogen (secondary N) is 1. The predicted octanol–water partition coefficient (Wildman–Crippen LogP) is 0.0293. The molecule has 0 spiro atoms. The smallest absolute Gasteiger partial charge is 0.222 e. The number of hydrogen-bond acceptors (Lipinski definition) is 10. The molecule has 0 aliphatic heterocycles. The first kappa shape index (κ1) is 32.8. The molecule has 0 unspecified atom stereocenters. The summed E-state index contributed by atoms with van der Waals surface area (Å²) in [4.78, 5) is 23.4. The normalized spacial score (nSPS) is 11.1. The summed E-state index contributed by atoms with van der Waals surface area (Å²) in [5.74, 6) is 0.170. The molecule has 0 saturated carbocycles. The van der Waals surface area contributed by atoms with Crippen LogP contribution in [0.25, 0.3) is 0 Å². The molecule has 0 bridgehead atoms. The van der Waals surface area contributed by atoms with E-state index < -0.39 is 0 Å². The minimum Gasteiger partial charge on any atom is -0.379 e. The molecule has 0 aromatic rings. The van der Waals surface area contributed by atoms with Gasteiger partial charge in [-0.1, -0.05) is 0 Å². The van der Waals surface area contributed by atoms with E-state index in [4.69, 9.17) is 39.9 Å². The summed E-state index contributed by atoms with van der Waals surface area (Å²) in [7, 11) is 0. The van der Waals surface area contributed by atoms with E-state index in [2.05, 4.69) is 5.32 Å². The van der Waals surface area contributed by atoms with Gasteiger partial charge in [0.05, 0.1) is 66.1 Å². The van der Waals surface area contributed by atoms with Gasteiger partial charge in [-0.3, -0.25) is 9.59 Å². The number of ketones is 1. The summed E-state index contributed by atoms with van der Waals surface area (Å²) in [5.41, 5.74) is 10.6. The molecule has 0 heterocycles. The van der Waals surface area contributed by atoms with E-state index in [0.29, 0.717) is 118 Å². The zero-order valence-electron chi connectivity index (χ0n) is 20.8. The van der Waals surface area contributed by atoms with Gasteiger partial charge in [-0.25, -0.2) is 0 Å². The number of nitrogens with two attached hydrogens (primary N) is 2. The molecule has 202 valence electrons. The lowest BCUT2D eigenvalue weighted by Crippen LogP contribution is -2.26. The van der Waals surface area contributed by atoms with Crippen LogP contribution >= 0.6 is 0 Å². The van der Waals surface area contributed by atoms with Gasteiger partial charge in [0.1, 0.15) is 5.78 Å². The van der Waals surface area contributed by atoms with E-state index >= 15 is 0 Å². The van der Waals surface area contributed by atoms with Crippen molar-refractivity contribution in [3.8, 4) is 0 Å². The van der Waals surface area contributed by atoms with Crippen molar-refractivity contribution >= 4 is 11.7 Å². The number of carbonyl (C=O) groups is 2. The summed E-state index contributed by atoms with van der Waals surface area (Å²) in [6.07, 6.45) is 3.71. The number of carbonyl (C=O) groups excluding carboxylic acids is 2. The highest BCUT2D eigenvalue weighted by Gasteiger charge is 2.03. The van der Waals surface area contributed by atoms with Crippen LogP contribution in [0.4, 0.5) is 0 Å². The van der Waals surface area contributed by atoms with Gasteiger partial charge in [0, 0.05) is 52.1 Å². The maximum absolute atomic E-state index is 11.8. The Kier molecular flexibility index (Phi) is 27.1. The van der Waals surface area contributed by atoms with E-state index in [-0.39, 0.29) is 11.7 Å². The Hall–Kier alpha value is -1.18. The van der Waals surface area contributed by atoms with Crippen LogP contribution in [0.3, 0.4) is 0 Å². The molecule has 0 atom stereocenters. The molecule has 0 radical (unpaired) electrons. The first-order chi connectivity index (χ1) is 16.7. The van der Waals surface area contributed by atoms with E-state index in [9.17, 15) is 9.59 Å². The summed E-state index contributed by atoms with van der Waals surface area (Å²) in [5, 5.41) is 2.83. The molecule has 0 saturated heterocycles. The molecule has 0 aliphatic carbocycles. The van der Waals surface area contributed by atoms with Gasteiger partial charge in [-0.2, -0.15) is 0 Å². The summed E-state index contributed by atoms with van der Waals surface area (Å²) >= 11 is 0. The molecule has 1 amide bonds. The van der Waals surface area contributed by atoms with Gasteiger partial charge in [-0.05, 0) is 19.3 Å². The fourth-order valence-corrected chi connectivity index (χ4v) is 2.63. The van der Waals surface area contributed by atoms with Crippen LogP contribution in [0.5, 0.6) is 0 Å². The number of unbranched alkanes of at least 4 members (excludes halogenated alkanes) is 1. The fraction of sp³-hybridized carbons (Fsp3) is 0.913. The second-order valence-corrected chi connectivity index (χ2v) is 7.45. The average molecular weight is 494 g/mol. The maximum atomic E-state index is 11.8. The lowest BCUT2D eigenvalue weighted by Gasteiger charge is -2.08. The standard InChI is InChI=1S/C23H47N3O8/c24-7-14-33-20-18-31-12-5-22(27)4-1-2-10-29-16-17-30-11-3-9-26-23(28)6-13-32-19-21-34-15-8-25/h1-21,24-25H2,(H,26,28). The van der Waals surface area contributed by atoms with E-state index in [1.54, 1.807) is 0 Å². The van der Waals surface area contributed by atoms with Gasteiger partial charge < -0.3 is 45.2 Å². The van der Waals surface area contributed by atoms with Gasteiger partial charge in [-0.15, -0.1) is 0 Å². The topological polar surface area (TPSA) is 154 Å². The molecule has 11 nitrogen and oxygen atoms in total. The number of hydrogen-bond donors (Lipinski definition) is 3. The largest absolute Gasteiger partial charge is 0.379 e. The van der Waals surface area contributed by atoms with Crippen molar-refractivity contribution in [3.63, 3.8) is 0 Å². The summed E-state index contributed by atoms with van der Waals surface area (Å²) in [6.45, 7) is 7.58. The average Bonchev–Trinajstić information content (AvgIpc) is 2.83. The molecule has 5 N–H and O–H groups in total. The van der Waals surface area contributed by atoms with Crippen LogP contribution in [0.15, 0.2) is 0 Å². The number of amides is 1. The number of Topliss-reactive ketones (excluding diaryl/α,β-unsaturated/α-hetero) is 1. The molecular weight excluding hydrogens is 446 g/mol. The third-order valence-corrected chi connectivity index (χ3v) is 4.42. The van der Waals surface area contributed by atoms with Gasteiger partial charge in [0.15, 0.2) is 0 Å². The molecule has 0 rings (SSSR count). The molecule has 34 heavy (non-hydrogen) atoms. The van der Waals surface area contributed by atoms with Crippen molar-refractivity contribution in [2.45, 2.75) is 38.5 Å². The SMILES string of the molecule is NCCOCCOCCC(=O)CCCCOCCOCCCNC(=O)CCOCCOCCN. The first-order valence-corrected chi connectivity index (χ1v) is 12.4. The Morgan fingerprint density at radius 3 is 1.53 bits per heavy atom. The Balaban J connectivity index is 3.22. The molecule has 0 aromatic heterocycles. The van der Waals surface area contributed by atoms with Crippen LogP contribution in [-0.2, 0) is 38.0 Å². The highest BCUT2D eigenvalue weighted by molar-refractivity contribution is 5.78. The lowest BCUT2D eigenvalue weighted by molar-refractivity contribution is -0.122. The van der Waals surface area contributed by atoms with E-state index in [0.717, 1.165) is 19.3 Å². The molecule has 0 aliphatic rings. The zero-order valence-corrected chi connectivity index (χ0v) is 20.8. The highest BCUT2D eigenvalue weighted by Crippen LogP contribution is 2.00. The Morgan fingerprint density at radius 2 is 0.971 bits per heavy atom. The Labute approximate surface area is 204 Å². The predicted molar refractivity (Wildman–Crippen MR) is 129 cm³/mol. The third kappa shape index (κ3) is 27.1. The van der Waals surface area contributed by atoms with Crippen molar-refractivity contribution in [1.82, 2.24) is 5.32 Å². The second-order valence-electron chi connectivity index (χ2n) is 7.45. The van der Waals surface area contributed by atoms with Crippen LogP contribution in [0, 0.1) is 0 Å². The third-order valence-electron chi connectivity index (χ3n) is 4.42. The minimum atomic E-state index is -0.0369. The van der Waals surface area contributed by atoms with Crippen LogP contribution in [0.2, 0.25) is 0 Å². The molecular formula is C23H47N3O8. The van der Waals surface area contributed by atoms with Gasteiger partial charge in [0.25, 0.3) is 0 Å². The Bertz CT molecular complexity index is 418. The van der Waals surface area contributed by atoms with Crippen molar-refractivity contribution < 1.29 is 38.0 Å². The zero-order chi connectivity index (χ0) is 25.0. The highest BCUT2D eigenvalue weighted by atomic mass is 16.5. The fourth-order valence-electron chi connectivity index (χ4n) is 2.63. The van der Waals surface area contributed by atoms with Crippen LogP contribution in [-0.4, -0.2) is 111 Å². The quantitative estimate of drug-likeness (QED) is 0.127. The first-order valence-electron chi connectivity index (χ1n) is 12.4. The molecule has 11 heteroatoms. The lowest BCUT2D eigenvalue weighted by atomic mass is 10.1. The minimum absolute atomic E-state index is 0.0369. The van der Waals surface area contributed by atoms with Gasteiger partial charge >= 0.3 is 0 Å². The molecule has 0 fully saturated rings. The van der Waals surface area contributed by atoms with E-state index in [1.807, 2.05) is 0 Å². The Morgan fingerprint density at radius 1 is 0.500 bits per heavy atom. The van der Waals surface area contributed by atoms with Gasteiger partial charge in [0.2, 0.25) is 5.91 Å². The van der Waals surface area contributed by atoms with Crippen LogP contribution in [0.1, 0.15) is 38.5 Å². The van der Waals surface area contributed by atoms with Crippen molar-refractivity contribution in [2.75, 3.05) is 98.9 Å². The summed E-state index contributed by atoms with van der Waals surface area (Å²) < 4.78 is 32.0. The van der Waals surface area contributed by atoms with Crippen molar-refractivity contribution in [1.29, 1.82) is 0 Å². The monoisotopic (exact) mass is 493 g/mol. The van der Waals surface area contributed by atoms with Crippen molar-refractivity contribution in [3.05, 3.63) is 0 Å². The number of ether oxygens (including phenoxy) is 6. The molecule has 0 aromatic carbocycles. The van der Waals surface area contributed by atoms with Crippen LogP contribution < -0.4 is 16.8 Å². The van der Waals surface area contributed by atoms with Crippen molar-refractivity contribution in [2.24, 2.45) is 11.5 Å².